The molecule has 0 bridgehead atoms. The first-order valence-electron chi connectivity index (χ1n) is 6.71. The zero-order valence-electron chi connectivity index (χ0n) is 12.3. The zero-order chi connectivity index (χ0) is 16.4. The van der Waals surface area contributed by atoms with E-state index in [1.807, 2.05) is 0 Å². The van der Waals surface area contributed by atoms with Crippen molar-refractivity contribution in [3.8, 4) is 0 Å². The van der Waals surface area contributed by atoms with Crippen LogP contribution in [0.4, 0.5) is 5.69 Å². The van der Waals surface area contributed by atoms with Crippen molar-refractivity contribution in [2.45, 2.75) is 24.0 Å². The summed E-state index contributed by atoms with van der Waals surface area (Å²) in [7, 11) is -4.90. The third-order valence-electron chi connectivity index (χ3n) is 3.39. The summed E-state index contributed by atoms with van der Waals surface area (Å²) in [6, 6.07) is 2.81. The van der Waals surface area contributed by atoms with Gasteiger partial charge in [-0.3, -0.25) is 4.72 Å². The molecule has 1 aliphatic rings. The van der Waals surface area contributed by atoms with Crippen LogP contribution in [0.5, 0.6) is 0 Å². The zero-order valence-corrected chi connectivity index (χ0v) is 13.9. The van der Waals surface area contributed by atoms with Crippen LogP contribution in [0.2, 0.25) is 0 Å². The van der Waals surface area contributed by atoms with Crippen molar-refractivity contribution in [3.63, 3.8) is 0 Å². The van der Waals surface area contributed by atoms with Gasteiger partial charge in [0.05, 0.1) is 17.5 Å². The molecule has 1 heterocycles. The molecule has 10 heteroatoms. The van der Waals surface area contributed by atoms with Gasteiger partial charge in [0.15, 0.2) is 5.03 Å². The first-order valence-corrected chi connectivity index (χ1v) is 9.84. The minimum absolute atomic E-state index is 0.0810. The van der Waals surface area contributed by atoms with E-state index < -0.39 is 26.2 Å². The van der Waals surface area contributed by atoms with E-state index in [0.717, 1.165) is 12.8 Å². The Bertz CT molecular complexity index is 729. The molecule has 0 spiro atoms. The second-order valence-corrected chi connectivity index (χ2v) is 8.63. The first kappa shape index (κ1) is 17.1. The van der Waals surface area contributed by atoms with Crippen molar-refractivity contribution in [2.24, 2.45) is 5.92 Å². The quantitative estimate of drug-likeness (QED) is 0.691. The Morgan fingerprint density at radius 3 is 2.59 bits per heavy atom. The molecule has 0 amide bonds. The molecule has 0 saturated heterocycles. The highest BCUT2D eigenvalue weighted by molar-refractivity contribution is 7.93. The van der Waals surface area contributed by atoms with E-state index in [-0.39, 0.29) is 22.4 Å². The van der Waals surface area contributed by atoms with Gasteiger partial charge in [0.25, 0.3) is 10.0 Å². The summed E-state index contributed by atoms with van der Waals surface area (Å²) >= 11 is 0. The number of rotatable bonds is 8. The average Bonchev–Trinajstić information content (AvgIpc) is 3.29. The first-order chi connectivity index (χ1) is 10.3. The van der Waals surface area contributed by atoms with E-state index in [0.29, 0.717) is 0 Å². The van der Waals surface area contributed by atoms with Crippen molar-refractivity contribution in [2.75, 3.05) is 24.6 Å². The summed E-state index contributed by atoms with van der Waals surface area (Å²) in [5.74, 6) is 0.0261. The molecule has 2 rings (SSSR count). The van der Waals surface area contributed by atoms with Crippen LogP contribution in [0, 0.1) is 5.92 Å². The number of aromatic nitrogens is 1. The minimum atomic E-state index is -3.86. The van der Waals surface area contributed by atoms with Gasteiger partial charge in [-0.2, -0.15) is 0 Å². The number of pyridine rings is 1. The molecule has 8 nitrogen and oxygen atoms in total. The van der Waals surface area contributed by atoms with E-state index in [1.54, 1.807) is 0 Å². The Morgan fingerprint density at radius 2 is 2.05 bits per heavy atom. The van der Waals surface area contributed by atoms with Crippen LogP contribution in [0.25, 0.3) is 0 Å². The van der Waals surface area contributed by atoms with Crippen LogP contribution in [0.15, 0.2) is 23.4 Å². The second-order valence-electron chi connectivity index (χ2n) is 5.06. The predicted molar refractivity (Wildman–Crippen MR) is 81.4 cm³/mol. The predicted octanol–water partition coefficient (Wildman–Crippen LogP) is 0.156. The molecule has 0 radical (unpaired) electrons. The van der Waals surface area contributed by atoms with Crippen molar-refractivity contribution in [3.05, 3.63) is 18.3 Å². The maximum atomic E-state index is 12.2. The van der Waals surface area contributed by atoms with Crippen molar-refractivity contribution in [1.82, 2.24) is 9.71 Å². The average molecular weight is 349 g/mol. The van der Waals surface area contributed by atoms with E-state index in [2.05, 4.69) is 14.4 Å². The van der Waals surface area contributed by atoms with Crippen LogP contribution in [0.3, 0.4) is 0 Å². The summed E-state index contributed by atoms with van der Waals surface area (Å²) < 4.78 is 57.8. The van der Waals surface area contributed by atoms with E-state index in [4.69, 9.17) is 4.74 Å². The fourth-order valence-electron chi connectivity index (χ4n) is 2.07. The molecule has 0 aliphatic heterocycles. The Balaban J connectivity index is 2.23. The molecule has 1 fully saturated rings. The number of methoxy groups -OCH3 is 1. The lowest BCUT2D eigenvalue weighted by atomic mass is 10.3. The molecule has 1 aromatic heterocycles. The van der Waals surface area contributed by atoms with Crippen molar-refractivity contribution in [1.29, 1.82) is 0 Å². The summed E-state index contributed by atoms with van der Waals surface area (Å²) in [6.07, 6.45) is 2.78. The van der Waals surface area contributed by atoms with Gasteiger partial charge in [-0.25, -0.2) is 26.5 Å². The molecular weight excluding hydrogens is 330 g/mol. The molecule has 2 N–H and O–H groups in total. The van der Waals surface area contributed by atoms with Crippen LogP contribution in [-0.2, 0) is 24.8 Å². The molecule has 1 atom stereocenters. The molecule has 1 unspecified atom stereocenters. The SMILES string of the molecule is CNS(=O)(=O)c1ncccc1NS(=O)(=O)CC(OC)C1CC1. The number of hydrogen-bond acceptors (Lipinski definition) is 6. The monoisotopic (exact) mass is 349 g/mol. The third-order valence-corrected chi connectivity index (χ3v) is 6.06. The maximum absolute atomic E-state index is 12.2. The maximum Gasteiger partial charge on any atom is 0.259 e. The second kappa shape index (κ2) is 6.49. The van der Waals surface area contributed by atoms with Crippen LogP contribution >= 0.6 is 0 Å². The summed E-state index contributed by atoms with van der Waals surface area (Å²) in [5.41, 5.74) is -0.0810. The lowest BCUT2D eigenvalue weighted by molar-refractivity contribution is 0.103. The van der Waals surface area contributed by atoms with Gasteiger partial charge in [-0.15, -0.1) is 0 Å². The van der Waals surface area contributed by atoms with Crippen LogP contribution in [0.1, 0.15) is 12.8 Å². The van der Waals surface area contributed by atoms with E-state index in [1.165, 1.54) is 32.5 Å². The van der Waals surface area contributed by atoms with Crippen LogP contribution in [-0.4, -0.2) is 47.8 Å². The Kier molecular flexibility index (Phi) is 5.05. The fraction of sp³-hybridized carbons (Fsp3) is 0.583. The van der Waals surface area contributed by atoms with Crippen molar-refractivity contribution < 1.29 is 21.6 Å². The summed E-state index contributed by atoms with van der Waals surface area (Å²) in [5, 5.41) is -0.360. The minimum Gasteiger partial charge on any atom is -0.380 e. The highest BCUT2D eigenvalue weighted by Gasteiger charge is 2.35. The molecule has 1 aliphatic carbocycles. The van der Waals surface area contributed by atoms with Gasteiger partial charge < -0.3 is 4.74 Å². The molecule has 0 aromatic carbocycles. The van der Waals surface area contributed by atoms with Gasteiger partial charge in [-0.1, -0.05) is 0 Å². The topological polar surface area (TPSA) is 114 Å². The number of nitrogens with one attached hydrogen (secondary N) is 2. The summed E-state index contributed by atoms with van der Waals surface area (Å²) in [6.45, 7) is 0. The standard InChI is InChI=1S/C12H19N3O5S2/c1-13-22(18,19)12-10(4-3-7-14-12)15-21(16,17)8-11(20-2)9-5-6-9/h3-4,7,9,11,13,15H,5-6,8H2,1-2H3. The summed E-state index contributed by atoms with van der Waals surface area (Å²) in [4.78, 5) is 3.74. The highest BCUT2D eigenvalue weighted by Crippen LogP contribution is 2.34. The van der Waals surface area contributed by atoms with E-state index >= 15 is 0 Å². The number of nitrogens with zero attached hydrogens (tertiary/aromatic N) is 1. The fourth-order valence-corrected chi connectivity index (χ4v) is 4.36. The highest BCUT2D eigenvalue weighted by atomic mass is 32.2. The van der Waals surface area contributed by atoms with Gasteiger partial charge >= 0.3 is 0 Å². The van der Waals surface area contributed by atoms with Gasteiger partial charge in [-0.05, 0) is 37.9 Å². The Labute approximate surface area is 130 Å². The van der Waals surface area contributed by atoms with Gasteiger partial charge in [0.1, 0.15) is 0 Å². The molecular formula is C12H19N3O5S2. The third kappa shape index (κ3) is 4.15. The van der Waals surface area contributed by atoms with Crippen molar-refractivity contribution >= 4 is 25.7 Å². The van der Waals surface area contributed by atoms with Gasteiger partial charge in [0, 0.05) is 13.3 Å². The number of anilines is 1. The molecule has 22 heavy (non-hydrogen) atoms. The van der Waals surface area contributed by atoms with Crippen LogP contribution < -0.4 is 9.44 Å². The smallest absolute Gasteiger partial charge is 0.259 e. The lowest BCUT2D eigenvalue weighted by Gasteiger charge is -2.16. The Hall–Kier alpha value is -1.23. The molecule has 124 valence electrons. The number of hydrogen-bond donors (Lipinski definition) is 2. The number of sulfonamides is 2. The molecule has 1 saturated carbocycles. The molecule has 1 aromatic rings. The largest absolute Gasteiger partial charge is 0.380 e. The van der Waals surface area contributed by atoms with Gasteiger partial charge in [0.2, 0.25) is 10.0 Å². The number of ether oxygens (including phenoxy) is 1. The Morgan fingerprint density at radius 1 is 1.36 bits per heavy atom. The normalized spacial score (nSPS) is 17.2. The van der Waals surface area contributed by atoms with E-state index in [9.17, 15) is 16.8 Å². The lowest BCUT2D eigenvalue weighted by Crippen LogP contribution is -2.30.